The van der Waals surface area contributed by atoms with Crippen LogP contribution in [0.15, 0.2) is 54.6 Å². The van der Waals surface area contributed by atoms with Gasteiger partial charge in [0.1, 0.15) is 0 Å². The predicted octanol–water partition coefficient (Wildman–Crippen LogP) is 3.54. The number of carboxylic acids is 1. The van der Waals surface area contributed by atoms with Crippen molar-refractivity contribution in [1.82, 2.24) is 4.90 Å². The van der Waals surface area contributed by atoms with E-state index in [0.717, 1.165) is 11.1 Å². The van der Waals surface area contributed by atoms with Gasteiger partial charge in [0.25, 0.3) is 0 Å². The second-order valence-electron chi connectivity index (χ2n) is 5.59. The number of aryl methyl sites for hydroxylation is 1. The number of aromatic carboxylic acids is 1. The summed E-state index contributed by atoms with van der Waals surface area (Å²) in [5.41, 5.74) is 2.33. The maximum atomic E-state index is 12.3. The fraction of sp³-hybridized carbons (Fsp3) is 0.263. The van der Waals surface area contributed by atoms with Gasteiger partial charge in [-0.3, -0.25) is 4.79 Å². The quantitative estimate of drug-likeness (QED) is 0.887. The van der Waals surface area contributed by atoms with Crippen LogP contribution in [-0.4, -0.2) is 28.9 Å². The van der Waals surface area contributed by atoms with Crippen LogP contribution in [0.5, 0.6) is 0 Å². The van der Waals surface area contributed by atoms with Crippen molar-refractivity contribution in [3.8, 4) is 0 Å². The Hall–Kier alpha value is -2.62. The number of carboxylic acid groups (broad SMARTS) is 1. The molecule has 0 heterocycles. The van der Waals surface area contributed by atoms with E-state index >= 15 is 0 Å². The SMILES string of the molecule is CC(c1ccccc1)N(C)C(=O)CCc1ccc(C(=O)O)cc1. The average Bonchev–Trinajstić information content (AvgIpc) is 2.59. The lowest BCUT2D eigenvalue weighted by atomic mass is 10.0. The van der Waals surface area contributed by atoms with Gasteiger partial charge in [0.15, 0.2) is 0 Å². The molecule has 1 atom stereocenters. The van der Waals surface area contributed by atoms with Crippen molar-refractivity contribution in [2.75, 3.05) is 7.05 Å². The molecule has 1 unspecified atom stereocenters. The van der Waals surface area contributed by atoms with Crippen molar-refractivity contribution in [2.24, 2.45) is 0 Å². The third kappa shape index (κ3) is 4.42. The Morgan fingerprint density at radius 2 is 1.65 bits per heavy atom. The molecular formula is C19H21NO3. The molecule has 0 spiro atoms. The van der Waals surface area contributed by atoms with Gasteiger partial charge in [0, 0.05) is 13.5 Å². The van der Waals surface area contributed by atoms with Crippen LogP contribution >= 0.6 is 0 Å². The van der Waals surface area contributed by atoms with Crippen LogP contribution < -0.4 is 0 Å². The van der Waals surface area contributed by atoms with E-state index in [4.69, 9.17) is 5.11 Å². The summed E-state index contributed by atoms with van der Waals surface area (Å²) in [6.45, 7) is 2.01. The van der Waals surface area contributed by atoms with Gasteiger partial charge in [-0.25, -0.2) is 4.79 Å². The minimum absolute atomic E-state index is 0.0260. The first-order valence-corrected chi connectivity index (χ1v) is 7.62. The molecule has 0 aliphatic heterocycles. The summed E-state index contributed by atoms with van der Waals surface area (Å²) in [5, 5.41) is 8.88. The van der Waals surface area contributed by atoms with E-state index in [-0.39, 0.29) is 17.5 Å². The van der Waals surface area contributed by atoms with Gasteiger partial charge in [-0.1, -0.05) is 42.5 Å². The Morgan fingerprint density at radius 3 is 2.22 bits per heavy atom. The highest BCUT2D eigenvalue weighted by atomic mass is 16.4. The zero-order chi connectivity index (χ0) is 16.8. The first-order valence-electron chi connectivity index (χ1n) is 7.62. The van der Waals surface area contributed by atoms with Gasteiger partial charge in [0.05, 0.1) is 11.6 Å². The van der Waals surface area contributed by atoms with Crippen molar-refractivity contribution in [3.63, 3.8) is 0 Å². The van der Waals surface area contributed by atoms with E-state index < -0.39 is 5.97 Å². The number of hydrogen-bond acceptors (Lipinski definition) is 2. The average molecular weight is 311 g/mol. The number of amides is 1. The normalized spacial score (nSPS) is 11.7. The number of benzene rings is 2. The fourth-order valence-electron chi connectivity index (χ4n) is 2.41. The van der Waals surface area contributed by atoms with Crippen LogP contribution in [0.25, 0.3) is 0 Å². The second kappa shape index (κ2) is 7.58. The third-order valence-corrected chi connectivity index (χ3v) is 4.08. The predicted molar refractivity (Wildman–Crippen MR) is 89.3 cm³/mol. The van der Waals surface area contributed by atoms with Crippen LogP contribution in [0.2, 0.25) is 0 Å². The van der Waals surface area contributed by atoms with Gasteiger partial charge < -0.3 is 10.0 Å². The van der Waals surface area contributed by atoms with E-state index in [1.807, 2.05) is 44.3 Å². The molecule has 1 N–H and O–H groups in total. The molecule has 0 aromatic heterocycles. The minimum atomic E-state index is -0.941. The van der Waals surface area contributed by atoms with Gasteiger partial charge >= 0.3 is 5.97 Å². The lowest BCUT2D eigenvalue weighted by Gasteiger charge is -2.25. The second-order valence-corrected chi connectivity index (χ2v) is 5.59. The molecule has 0 fully saturated rings. The van der Waals surface area contributed by atoms with E-state index in [2.05, 4.69) is 0 Å². The molecule has 4 nitrogen and oxygen atoms in total. The van der Waals surface area contributed by atoms with Crippen molar-refractivity contribution in [1.29, 1.82) is 0 Å². The largest absolute Gasteiger partial charge is 0.478 e. The molecule has 0 saturated carbocycles. The van der Waals surface area contributed by atoms with Crippen molar-refractivity contribution >= 4 is 11.9 Å². The summed E-state index contributed by atoms with van der Waals surface area (Å²) in [7, 11) is 1.81. The standard InChI is InChI=1S/C19H21NO3/c1-14(16-6-4-3-5-7-16)20(2)18(21)13-10-15-8-11-17(12-9-15)19(22)23/h3-9,11-12,14H,10,13H2,1-2H3,(H,22,23). The highest BCUT2D eigenvalue weighted by Gasteiger charge is 2.16. The number of carbonyl (C=O) groups excluding carboxylic acids is 1. The van der Waals surface area contributed by atoms with Crippen LogP contribution in [-0.2, 0) is 11.2 Å². The molecule has 0 aliphatic carbocycles. The van der Waals surface area contributed by atoms with Gasteiger partial charge in [-0.05, 0) is 36.6 Å². The topological polar surface area (TPSA) is 57.6 Å². The highest BCUT2D eigenvalue weighted by molar-refractivity contribution is 5.87. The third-order valence-electron chi connectivity index (χ3n) is 4.08. The van der Waals surface area contributed by atoms with Crippen LogP contribution in [0, 0.1) is 0 Å². The Bertz CT molecular complexity index is 665. The van der Waals surface area contributed by atoms with Crippen molar-refractivity contribution in [2.45, 2.75) is 25.8 Å². The minimum Gasteiger partial charge on any atom is -0.478 e. The lowest BCUT2D eigenvalue weighted by molar-refractivity contribution is -0.131. The molecule has 2 rings (SSSR count). The first-order chi connectivity index (χ1) is 11.0. The van der Waals surface area contributed by atoms with E-state index in [9.17, 15) is 9.59 Å². The number of nitrogens with zero attached hydrogens (tertiary/aromatic N) is 1. The molecule has 0 bridgehead atoms. The number of rotatable bonds is 6. The zero-order valence-electron chi connectivity index (χ0n) is 13.4. The first kappa shape index (κ1) is 16.7. The summed E-state index contributed by atoms with van der Waals surface area (Å²) in [5.74, 6) is -0.868. The molecular weight excluding hydrogens is 290 g/mol. The van der Waals surface area contributed by atoms with Gasteiger partial charge in [-0.15, -0.1) is 0 Å². The number of carbonyl (C=O) groups is 2. The summed E-state index contributed by atoms with van der Waals surface area (Å²) < 4.78 is 0. The summed E-state index contributed by atoms with van der Waals surface area (Å²) in [6.07, 6.45) is 1.00. The molecule has 0 saturated heterocycles. The van der Waals surface area contributed by atoms with Gasteiger partial charge in [-0.2, -0.15) is 0 Å². The molecule has 4 heteroatoms. The smallest absolute Gasteiger partial charge is 0.335 e. The molecule has 23 heavy (non-hydrogen) atoms. The van der Waals surface area contributed by atoms with E-state index in [1.165, 1.54) is 0 Å². The van der Waals surface area contributed by atoms with Gasteiger partial charge in [0.2, 0.25) is 5.91 Å². The lowest BCUT2D eigenvalue weighted by Crippen LogP contribution is -2.29. The molecule has 1 amide bonds. The molecule has 0 radical (unpaired) electrons. The number of hydrogen-bond donors (Lipinski definition) is 1. The van der Waals surface area contributed by atoms with Crippen molar-refractivity contribution in [3.05, 3.63) is 71.3 Å². The highest BCUT2D eigenvalue weighted by Crippen LogP contribution is 2.19. The molecule has 120 valence electrons. The van der Waals surface area contributed by atoms with Crippen LogP contribution in [0.4, 0.5) is 0 Å². The molecule has 0 aliphatic rings. The van der Waals surface area contributed by atoms with Crippen LogP contribution in [0.1, 0.15) is 40.9 Å². The fourth-order valence-corrected chi connectivity index (χ4v) is 2.41. The summed E-state index contributed by atoms with van der Waals surface area (Å²) >= 11 is 0. The Morgan fingerprint density at radius 1 is 1.04 bits per heavy atom. The summed E-state index contributed by atoms with van der Waals surface area (Å²) in [6, 6.07) is 16.6. The maximum Gasteiger partial charge on any atom is 0.335 e. The molecule has 2 aromatic carbocycles. The van der Waals surface area contributed by atoms with Crippen LogP contribution in [0.3, 0.4) is 0 Å². The Balaban J connectivity index is 1.92. The van der Waals surface area contributed by atoms with Crippen molar-refractivity contribution < 1.29 is 14.7 Å². The van der Waals surface area contributed by atoms with E-state index in [1.54, 1.807) is 29.2 Å². The Kier molecular flexibility index (Phi) is 5.52. The monoisotopic (exact) mass is 311 g/mol. The zero-order valence-corrected chi connectivity index (χ0v) is 13.4. The Labute approximate surface area is 136 Å². The maximum absolute atomic E-state index is 12.3. The summed E-state index contributed by atoms with van der Waals surface area (Å²) in [4.78, 5) is 24.9. The van der Waals surface area contributed by atoms with E-state index in [0.29, 0.717) is 12.8 Å². The molecule has 2 aromatic rings.